The SMILES string of the molecule is O=C(Nc1cnccc1Cl)c1ccnnc1. The number of aromatic nitrogens is 3. The van der Waals surface area contributed by atoms with Gasteiger partial charge in [-0.1, -0.05) is 11.6 Å². The van der Waals surface area contributed by atoms with Gasteiger partial charge in [-0.3, -0.25) is 9.78 Å². The van der Waals surface area contributed by atoms with Crippen LogP contribution >= 0.6 is 11.6 Å². The van der Waals surface area contributed by atoms with Crippen molar-refractivity contribution < 1.29 is 4.79 Å². The summed E-state index contributed by atoms with van der Waals surface area (Å²) >= 11 is 5.87. The van der Waals surface area contributed by atoms with Gasteiger partial charge in [-0.25, -0.2) is 0 Å². The molecule has 0 atom stereocenters. The average molecular weight is 235 g/mol. The Morgan fingerprint density at radius 1 is 1.19 bits per heavy atom. The lowest BCUT2D eigenvalue weighted by molar-refractivity contribution is 0.102. The molecule has 0 aliphatic carbocycles. The van der Waals surface area contributed by atoms with E-state index in [1.165, 1.54) is 18.6 Å². The van der Waals surface area contributed by atoms with Gasteiger partial charge in [0.1, 0.15) is 0 Å². The van der Waals surface area contributed by atoms with Gasteiger partial charge in [0.25, 0.3) is 5.91 Å². The Bertz CT molecular complexity index is 503. The molecule has 2 heterocycles. The van der Waals surface area contributed by atoms with Crippen LogP contribution in [0.1, 0.15) is 10.4 Å². The second-order valence-corrected chi connectivity index (χ2v) is 3.35. The minimum absolute atomic E-state index is 0.301. The van der Waals surface area contributed by atoms with Gasteiger partial charge in [-0.2, -0.15) is 10.2 Å². The van der Waals surface area contributed by atoms with Crippen molar-refractivity contribution in [3.8, 4) is 0 Å². The molecule has 2 aromatic heterocycles. The molecule has 0 saturated heterocycles. The Morgan fingerprint density at radius 2 is 2.06 bits per heavy atom. The molecule has 0 aromatic carbocycles. The molecule has 1 N–H and O–H groups in total. The third-order valence-electron chi connectivity index (χ3n) is 1.86. The number of pyridine rings is 1. The van der Waals surface area contributed by atoms with E-state index in [1.54, 1.807) is 18.3 Å². The van der Waals surface area contributed by atoms with Gasteiger partial charge in [0.2, 0.25) is 0 Å². The van der Waals surface area contributed by atoms with Crippen molar-refractivity contribution >= 4 is 23.2 Å². The average Bonchev–Trinajstić information content (AvgIpc) is 2.33. The number of nitrogens with zero attached hydrogens (tertiary/aromatic N) is 3. The van der Waals surface area contributed by atoms with Crippen LogP contribution in [0, 0.1) is 0 Å². The van der Waals surface area contributed by atoms with Gasteiger partial charge in [0.05, 0.1) is 34.9 Å². The summed E-state index contributed by atoms with van der Waals surface area (Å²) < 4.78 is 0. The molecule has 0 saturated carbocycles. The van der Waals surface area contributed by atoms with Crippen LogP contribution in [0.5, 0.6) is 0 Å². The summed E-state index contributed by atoms with van der Waals surface area (Å²) in [5, 5.41) is 10.3. The van der Waals surface area contributed by atoms with Gasteiger partial charge in [-0.15, -0.1) is 0 Å². The number of halogens is 1. The monoisotopic (exact) mass is 234 g/mol. The van der Waals surface area contributed by atoms with Gasteiger partial charge in [0.15, 0.2) is 0 Å². The third-order valence-corrected chi connectivity index (χ3v) is 2.19. The lowest BCUT2D eigenvalue weighted by Gasteiger charge is -2.05. The number of hydrogen-bond donors (Lipinski definition) is 1. The van der Waals surface area contributed by atoms with Crippen LogP contribution in [0.4, 0.5) is 5.69 Å². The number of carbonyl (C=O) groups excluding carboxylic acids is 1. The van der Waals surface area contributed by atoms with Crippen molar-refractivity contribution in [2.24, 2.45) is 0 Å². The Balaban J connectivity index is 2.18. The van der Waals surface area contributed by atoms with Crippen molar-refractivity contribution in [3.63, 3.8) is 0 Å². The minimum atomic E-state index is -0.301. The number of rotatable bonds is 2. The van der Waals surface area contributed by atoms with Crippen LogP contribution in [-0.2, 0) is 0 Å². The maximum Gasteiger partial charge on any atom is 0.257 e. The first-order valence-electron chi connectivity index (χ1n) is 4.45. The molecule has 0 aliphatic heterocycles. The van der Waals surface area contributed by atoms with Crippen LogP contribution in [0.15, 0.2) is 36.9 Å². The standard InChI is InChI=1S/C10H7ClN4O/c11-8-2-3-12-6-9(8)15-10(16)7-1-4-13-14-5-7/h1-6H,(H,15,16). The smallest absolute Gasteiger partial charge is 0.257 e. The summed E-state index contributed by atoms with van der Waals surface area (Å²) in [5.41, 5.74) is 0.876. The normalized spacial score (nSPS) is 9.81. The lowest BCUT2D eigenvalue weighted by atomic mass is 10.3. The van der Waals surface area contributed by atoms with Crippen molar-refractivity contribution in [3.05, 3.63) is 47.5 Å². The van der Waals surface area contributed by atoms with Gasteiger partial charge in [-0.05, 0) is 12.1 Å². The first-order chi connectivity index (χ1) is 7.77. The van der Waals surface area contributed by atoms with E-state index in [0.717, 1.165) is 0 Å². The molecular formula is C10H7ClN4O. The molecule has 2 rings (SSSR count). The van der Waals surface area contributed by atoms with Crippen molar-refractivity contribution in [2.75, 3.05) is 5.32 Å². The van der Waals surface area contributed by atoms with E-state index in [-0.39, 0.29) is 5.91 Å². The highest BCUT2D eigenvalue weighted by Crippen LogP contribution is 2.19. The molecule has 6 heteroatoms. The number of nitrogens with one attached hydrogen (secondary N) is 1. The summed E-state index contributed by atoms with van der Waals surface area (Å²) in [4.78, 5) is 15.6. The van der Waals surface area contributed by atoms with Gasteiger partial charge < -0.3 is 5.32 Å². The largest absolute Gasteiger partial charge is 0.319 e. The van der Waals surface area contributed by atoms with Crippen LogP contribution < -0.4 is 5.32 Å². The van der Waals surface area contributed by atoms with E-state index in [4.69, 9.17) is 11.6 Å². The Morgan fingerprint density at radius 3 is 2.75 bits per heavy atom. The molecule has 2 aromatic rings. The number of carbonyl (C=O) groups is 1. The van der Waals surface area contributed by atoms with E-state index in [0.29, 0.717) is 16.3 Å². The lowest BCUT2D eigenvalue weighted by Crippen LogP contribution is -2.12. The molecule has 5 nitrogen and oxygen atoms in total. The summed E-state index contributed by atoms with van der Waals surface area (Å²) in [6.45, 7) is 0. The molecule has 0 fully saturated rings. The highest BCUT2D eigenvalue weighted by atomic mass is 35.5. The van der Waals surface area contributed by atoms with Crippen LogP contribution in [-0.4, -0.2) is 21.1 Å². The zero-order chi connectivity index (χ0) is 11.4. The maximum atomic E-state index is 11.7. The highest BCUT2D eigenvalue weighted by Gasteiger charge is 2.08. The number of amides is 1. The van der Waals surface area contributed by atoms with E-state index >= 15 is 0 Å². The topological polar surface area (TPSA) is 67.8 Å². The quantitative estimate of drug-likeness (QED) is 0.860. The van der Waals surface area contributed by atoms with Crippen molar-refractivity contribution in [1.82, 2.24) is 15.2 Å². The highest BCUT2D eigenvalue weighted by molar-refractivity contribution is 6.33. The molecule has 0 unspecified atom stereocenters. The zero-order valence-corrected chi connectivity index (χ0v) is 8.85. The fourth-order valence-corrected chi connectivity index (χ4v) is 1.24. The van der Waals surface area contributed by atoms with Crippen molar-refractivity contribution in [1.29, 1.82) is 0 Å². The van der Waals surface area contributed by atoms with E-state index in [1.807, 2.05) is 0 Å². The summed E-state index contributed by atoms with van der Waals surface area (Å²) in [7, 11) is 0. The number of anilines is 1. The Kier molecular flexibility index (Phi) is 3.07. The van der Waals surface area contributed by atoms with E-state index < -0.39 is 0 Å². The first kappa shape index (κ1) is 10.5. The Labute approximate surface area is 96.5 Å². The summed E-state index contributed by atoms with van der Waals surface area (Å²) in [6.07, 6.45) is 5.85. The predicted octanol–water partition coefficient (Wildman–Crippen LogP) is 1.78. The maximum absolute atomic E-state index is 11.7. The molecule has 0 radical (unpaired) electrons. The van der Waals surface area contributed by atoms with Crippen LogP contribution in [0.3, 0.4) is 0 Å². The van der Waals surface area contributed by atoms with E-state index in [2.05, 4.69) is 20.5 Å². The fraction of sp³-hybridized carbons (Fsp3) is 0. The predicted molar refractivity (Wildman–Crippen MR) is 59.2 cm³/mol. The molecule has 0 bridgehead atoms. The van der Waals surface area contributed by atoms with Gasteiger partial charge in [0, 0.05) is 6.20 Å². The van der Waals surface area contributed by atoms with E-state index in [9.17, 15) is 4.79 Å². The van der Waals surface area contributed by atoms with Crippen LogP contribution in [0.25, 0.3) is 0 Å². The van der Waals surface area contributed by atoms with Gasteiger partial charge >= 0.3 is 0 Å². The Hall–Kier alpha value is -2.01. The third kappa shape index (κ3) is 2.32. The molecule has 16 heavy (non-hydrogen) atoms. The van der Waals surface area contributed by atoms with Crippen molar-refractivity contribution in [2.45, 2.75) is 0 Å². The number of hydrogen-bond acceptors (Lipinski definition) is 4. The summed E-state index contributed by atoms with van der Waals surface area (Å²) in [6, 6.07) is 3.16. The second-order valence-electron chi connectivity index (χ2n) is 2.94. The molecule has 1 amide bonds. The first-order valence-corrected chi connectivity index (χ1v) is 4.83. The molecule has 0 aliphatic rings. The molecular weight excluding hydrogens is 228 g/mol. The molecule has 0 spiro atoms. The molecule has 80 valence electrons. The second kappa shape index (κ2) is 4.67. The summed E-state index contributed by atoms with van der Waals surface area (Å²) in [5.74, 6) is -0.301. The minimum Gasteiger partial charge on any atom is -0.319 e. The fourth-order valence-electron chi connectivity index (χ4n) is 1.09. The zero-order valence-electron chi connectivity index (χ0n) is 8.09. The van der Waals surface area contributed by atoms with Crippen LogP contribution in [0.2, 0.25) is 5.02 Å².